The van der Waals surface area contributed by atoms with Crippen LogP contribution in [0, 0.1) is 6.92 Å². The smallest absolute Gasteiger partial charge is 0.336 e. The highest BCUT2D eigenvalue weighted by Gasteiger charge is 2.35. The maximum absolute atomic E-state index is 13.2. The predicted octanol–water partition coefficient (Wildman–Crippen LogP) is 2.75. The fourth-order valence-corrected chi connectivity index (χ4v) is 3.87. The standard InChI is InChI=1S/C16H14F3N5OS/c1-9-6-13(16(17,18)19)24-14(21-9)7-11(22-24)15(25)23-4-2-10-12(3-5-23)26-8-20-10/h6-8H,2-5H2,1H3. The van der Waals surface area contributed by atoms with Crippen LogP contribution in [0.15, 0.2) is 17.6 Å². The SMILES string of the molecule is Cc1cc(C(F)(F)F)n2nc(C(=O)N3CCc4ncsc4CC3)cc2n1. The Hall–Kier alpha value is -2.49. The Bertz CT molecular complexity index is 971. The van der Waals surface area contributed by atoms with Gasteiger partial charge in [-0.1, -0.05) is 0 Å². The van der Waals surface area contributed by atoms with Crippen molar-refractivity contribution < 1.29 is 18.0 Å². The number of alkyl halides is 3. The van der Waals surface area contributed by atoms with E-state index in [0.717, 1.165) is 16.6 Å². The summed E-state index contributed by atoms with van der Waals surface area (Å²) < 4.78 is 40.4. The monoisotopic (exact) mass is 381 g/mol. The summed E-state index contributed by atoms with van der Waals surface area (Å²) in [6, 6.07) is 2.23. The second-order valence-corrected chi connectivity index (χ2v) is 7.03. The molecule has 4 heterocycles. The second-order valence-electron chi connectivity index (χ2n) is 6.09. The third kappa shape index (κ3) is 2.94. The number of thiazole rings is 1. The van der Waals surface area contributed by atoms with Gasteiger partial charge >= 0.3 is 6.18 Å². The number of fused-ring (bicyclic) bond motifs is 2. The molecule has 3 aromatic heterocycles. The number of carbonyl (C=O) groups is 1. The van der Waals surface area contributed by atoms with Gasteiger partial charge in [0.25, 0.3) is 5.91 Å². The molecular formula is C16H14F3N5OS. The van der Waals surface area contributed by atoms with Crippen LogP contribution in [0.3, 0.4) is 0 Å². The largest absolute Gasteiger partial charge is 0.433 e. The van der Waals surface area contributed by atoms with Gasteiger partial charge in [0, 0.05) is 42.6 Å². The second kappa shape index (κ2) is 6.04. The topological polar surface area (TPSA) is 63.4 Å². The summed E-state index contributed by atoms with van der Waals surface area (Å²) in [7, 11) is 0. The minimum Gasteiger partial charge on any atom is -0.336 e. The number of aryl methyl sites for hydroxylation is 1. The van der Waals surface area contributed by atoms with Crippen molar-refractivity contribution in [3.8, 4) is 0 Å². The average molecular weight is 381 g/mol. The number of rotatable bonds is 1. The number of hydrogen-bond acceptors (Lipinski definition) is 5. The molecule has 3 aromatic rings. The minimum absolute atomic E-state index is 0.0104. The first-order valence-electron chi connectivity index (χ1n) is 7.98. The molecule has 0 fully saturated rings. The van der Waals surface area contributed by atoms with Gasteiger partial charge in [0.05, 0.1) is 11.2 Å². The van der Waals surface area contributed by atoms with Gasteiger partial charge in [-0.05, 0) is 13.0 Å². The van der Waals surface area contributed by atoms with Crippen molar-refractivity contribution in [2.24, 2.45) is 0 Å². The van der Waals surface area contributed by atoms with E-state index < -0.39 is 17.8 Å². The third-order valence-corrected chi connectivity index (χ3v) is 5.24. The molecule has 0 bridgehead atoms. The molecule has 0 spiro atoms. The number of amides is 1. The lowest BCUT2D eigenvalue weighted by Gasteiger charge is -2.18. The molecule has 6 nitrogen and oxygen atoms in total. The van der Waals surface area contributed by atoms with E-state index in [0.29, 0.717) is 30.4 Å². The molecule has 26 heavy (non-hydrogen) atoms. The fourth-order valence-electron chi connectivity index (χ4n) is 3.06. The van der Waals surface area contributed by atoms with Gasteiger partial charge in [-0.15, -0.1) is 11.3 Å². The van der Waals surface area contributed by atoms with Crippen LogP contribution in [0.4, 0.5) is 13.2 Å². The van der Waals surface area contributed by atoms with E-state index in [2.05, 4.69) is 15.1 Å². The van der Waals surface area contributed by atoms with Crippen LogP contribution < -0.4 is 0 Å². The van der Waals surface area contributed by atoms with E-state index in [1.165, 1.54) is 13.0 Å². The molecule has 0 N–H and O–H groups in total. The van der Waals surface area contributed by atoms with Crippen molar-refractivity contribution in [1.29, 1.82) is 0 Å². The van der Waals surface area contributed by atoms with Crippen molar-refractivity contribution in [2.45, 2.75) is 25.9 Å². The van der Waals surface area contributed by atoms with Crippen LogP contribution in [0.5, 0.6) is 0 Å². The first kappa shape index (κ1) is 17.0. The van der Waals surface area contributed by atoms with Gasteiger partial charge < -0.3 is 4.90 Å². The summed E-state index contributed by atoms with van der Waals surface area (Å²) in [6.45, 7) is 2.42. The van der Waals surface area contributed by atoms with E-state index in [9.17, 15) is 18.0 Å². The van der Waals surface area contributed by atoms with Gasteiger partial charge in [0.15, 0.2) is 11.3 Å². The maximum Gasteiger partial charge on any atom is 0.433 e. The predicted molar refractivity (Wildman–Crippen MR) is 88.2 cm³/mol. The first-order valence-corrected chi connectivity index (χ1v) is 8.86. The third-order valence-electron chi connectivity index (χ3n) is 4.30. The highest BCUT2D eigenvalue weighted by atomic mass is 32.1. The van der Waals surface area contributed by atoms with Crippen LogP contribution in [0.25, 0.3) is 5.65 Å². The van der Waals surface area contributed by atoms with Gasteiger partial charge in [-0.3, -0.25) is 4.79 Å². The lowest BCUT2D eigenvalue weighted by Crippen LogP contribution is -2.33. The Morgan fingerprint density at radius 3 is 2.77 bits per heavy atom. The number of carbonyl (C=O) groups excluding carboxylic acids is 1. The lowest BCUT2D eigenvalue weighted by atomic mass is 10.2. The van der Waals surface area contributed by atoms with Crippen molar-refractivity contribution in [2.75, 3.05) is 13.1 Å². The van der Waals surface area contributed by atoms with E-state index in [1.54, 1.807) is 21.7 Å². The zero-order valence-electron chi connectivity index (χ0n) is 13.7. The van der Waals surface area contributed by atoms with Crippen molar-refractivity contribution in [3.05, 3.63) is 45.3 Å². The number of halogens is 3. The Kier molecular flexibility index (Phi) is 3.94. The molecule has 0 unspecified atom stereocenters. The molecule has 1 aliphatic rings. The molecule has 4 rings (SSSR count). The Morgan fingerprint density at radius 2 is 2.00 bits per heavy atom. The van der Waals surface area contributed by atoms with E-state index in [1.807, 2.05) is 0 Å². The lowest BCUT2D eigenvalue weighted by molar-refractivity contribution is -0.142. The fraction of sp³-hybridized carbons (Fsp3) is 0.375. The molecule has 10 heteroatoms. The molecule has 1 amide bonds. The Labute approximate surface area is 150 Å². The zero-order valence-corrected chi connectivity index (χ0v) is 14.6. The molecule has 0 aliphatic carbocycles. The van der Waals surface area contributed by atoms with Crippen LogP contribution in [0.1, 0.15) is 32.4 Å². The molecule has 0 radical (unpaired) electrons. The molecule has 136 valence electrons. The normalized spacial score (nSPS) is 15.2. The van der Waals surface area contributed by atoms with Crippen molar-refractivity contribution in [1.82, 2.24) is 24.5 Å². The number of hydrogen-bond donors (Lipinski definition) is 0. The highest BCUT2D eigenvalue weighted by molar-refractivity contribution is 7.09. The molecular weight excluding hydrogens is 367 g/mol. The van der Waals surface area contributed by atoms with E-state index in [4.69, 9.17) is 0 Å². The molecule has 1 aliphatic heterocycles. The summed E-state index contributed by atoms with van der Waals surface area (Å²) in [5.74, 6) is -0.392. The molecule has 0 aromatic carbocycles. The Balaban J connectivity index is 1.66. The van der Waals surface area contributed by atoms with E-state index in [-0.39, 0.29) is 17.0 Å². The van der Waals surface area contributed by atoms with Gasteiger partial charge in [-0.2, -0.15) is 18.3 Å². The average Bonchev–Trinajstić information content (AvgIpc) is 3.14. The summed E-state index contributed by atoms with van der Waals surface area (Å²) in [6.07, 6.45) is -3.27. The van der Waals surface area contributed by atoms with Crippen LogP contribution in [-0.4, -0.2) is 43.5 Å². The maximum atomic E-state index is 13.2. The quantitative estimate of drug-likeness (QED) is 0.650. The molecule has 0 saturated heterocycles. The zero-order chi connectivity index (χ0) is 18.5. The molecule has 0 saturated carbocycles. The Morgan fingerprint density at radius 1 is 1.23 bits per heavy atom. The summed E-state index contributed by atoms with van der Waals surface area (Å²) in [5, 5.41) is 3.89. The summed E-state index contributed by atoms with van der Waals surface area (Å²) in [4.78, 5) is 23.9. The van der Waals surface area contributed by atoms with Gasteiger partial charge in [0.1, 0.15) is 5.69 Å². The van der Waals surface area contributed by atoms with Crippen molar-refractivity contribution >= 4 is 22.9 Å². The first-order chi connectivity index (χ1) is 12.3. The van der Waals surface area contributed by atoms with E-state index >= 15 is 0 Å². The highest BCUT2D eigenvalue weighted by Crippen LogP contribution is 2.30. The summed E-state index contributed by atoms with van der Waals surface area (Å²) in [5.41, 5.74) is 2.02. The van der Waals surface area contributed by atoms with Gasteiger partial charge in [0.2, 0.25) is 0 Å². The van der Waals surface area contributed by atoms with Crippen LogP contribution in [0.2, 0.25) is 0 Å². The number of nitrogens with zero attached hydrogens (tertiary/aromatic N) is 5. The van der Waals surface area contributed by atoms with Crippen molar-refractivity contribution in [3.63, 3.8) is 0 Å². The van der Waals surface area contributed by atoms with Gasteiger partial charge in [-0.25, -0.2) is 14.5 Å². The number of aromatic nitrogens is 4. The van der Waals surface area contributed by atoms with Crippen LogP contribution in [-0.2, 0) is 19.0 Å². The van der Waals surface area contributed by atoms with Crippen LogP contribution >= 0.6 is 11.3 Å². The molecule has 0 atom stereocenters. The summed E-state index contributed by atoms with van der Waals surface area (Å²) >= 11 is 1.55. The minimum atomic E-state index is -4.58.